The number of allylic oxidation sites excluding steroid dienone is 2. The maximum atomic E-state index is 12.9. The number of rotatable bonds is 4. The molecule has 0 aromatic rings. The Hall–Kier alpha value is -1.58. The second kappa shape index (κ2) is 5.02. The molecule has 26 heavy (non-hydrogen) atoms. The Bertz CT molecular complexity index is 768. The van der Waals surface area contributed by atoms with Gasteiger partial charge in [-0.2, -0.15) is 0 Å². The van der Waals surface area contributed by atoms with Crippen molar-refractivity contribution in [1.29, 1.82) is 0 Å². The van der Waals surface area contributed by atoms with Crippen molar-refractivity contribution in [3.63, 3.8) is 0 Å². The van der Waals surface area contributed by atoms with E-state index in [4.69, 9.17) is 9.47 Å². The van der Waals surface area contributed by atoms with Crippen molar-refractivity contribution in [1.82, 2.24) is 0 Å². The Morgan fingerprint density at radius 1 is 0.846 bits per heavy atom. The molecule has 9 aliphatic rings. The van der Waals surface area contributed by atoms with Gasteiger partial charge < -0.3 is 9.47 Å². The summed E-state index contributed by atoms with van der Waals surface area (Å²) >= 11 is 0. The van der Waals surface area contributed by atoms with Crippen LogP contribution in [0.1, 0.15) is 34.6 Å². The van der Waals surface area contributed by atoms with Gasteiger partial charge in [0.1, 0.15) is 0 Å². The molecule has 0 amide bonds. The molecule has 0 saturated heterocycles. The van der Waals surface area contributed by atoms with Gasteiger partial charge in [-0.1, -0.05) is 32.4 Å². The SMILES string of the molecule is CCOC(=O)C1=C(C(=O)OCC)[C@H]2C3[C@H]4[C@H]5C=C(C(C)(C)C)[C@@H]3[C@@H]1[C@H]5[C@H]42. The molecule has 9 aliphatic carbocycles. The van der Waals surface area contributed by atoms with E-state index in [1.807, 2.05) is 13.8 Å². The molecule has 5 fully saturated rings. The van der Waals surface area contributed by atoms with E-state index in [0.29, 0.717) is 53.9 Å². The molecule has 0 heterocycles. The van der Waals surface area contributed by atoms with E-state index >= 15 is 0 Å². The van der Waals surface area contributed by atoms with Crippen molar-refractivity contribution in [2.24, 2.45) is 52.8 Å². The van der Waals surface area contributed by atoms with E-state index < -0.39 is 0 Å². The van der Waals surface area contributed by atoms with Crippen LogP contribution in [0, 0.1) is 52.8 Å². The molecular formula is C22H28O4. The Morgan fingerprint density at radius 2 is 1.42 bits per heavy atom. The Balaban J connectivity index is 1.65. The van der Waals surface area contributed by atoms with Crippen LogP contribution < -0.4 is 0 Å². The summed E-state index contributed by atoms with van der Waals surface area (Å²) in [6.45, 7) is 11.2. The monoisotopic (exact) mass is 356 g/mol. The third kappa shape index (κ3) is 1.67. The highest BCUT2D eigenvalue weighted by atomic mass is 16.5. The Morgan fingerprint density at radius 3 is 1.96 bits per heavy atom. The van der Waals surface area contributed by atoms with Gasteiger partial charge in [-0.15, -0.1) is 0 Å². The van der Waals surface area contributed by atoms with Gasteiger partial charge in [-0.25, -0.2) is 9.59 Å². The largest absolute Gasteiger partial charge is 0.463 e. The van der Waals surface area contributed by atoms with E-state index in [1.165, 1.54) is 5.57 Å². The highest BCUT2D eigenvalue weighted by Gasteiger charge is 2.81. The lowest BCUT2D eigenvalue weighted by molar-refractivity contribution is -0.287. The van der Waals surface area contributed by atoms with E-state index in [0.717, 1.165) is 5.92 Å². The quantitative estimate of drug-likeness (QED) is 0.572. The van der Waals surface area contributed by atoms with Crippen LogP contribution in [0.2, 0.25) is 0 Å². The van der Waals surface area contributed by atoms with E-state index in [9.17, 15) is 9.59 Å². The second-order valence-corrected chi connectivity index (χ2v) is 9.60. The summed E-state index contributed by atoms with van der Waals surface area (Å²) in [5.74, 6) is 3.17. The predicted octanol–water partition coefficient (Wildman–Crippen LogP) is 3.38. The smallest absolute Gasteiger partial charge is 0.334 e. The molecule has 0 aromatic heterocycles. The minimum absolute atomic E-state index is 0.102. The van der Waals surface area contributed by atoms with Crippen LogP contribution in [-0.4, -0.2) is 25.2 Å². The second-order valence-electron chi connectivity index (χ2n) is 9.60. The van der Waals surface area contributed by atoms with Crippen LogP contribution in [0.5, 0.6) is 0 Å². The summed E-state index contributed by atoms with van der Waals surface area (Å²) in [7, 11) is 0. The highest BCUT2D eigenvalue weighted by Crippen LogP contribution is 2.84. The molecule has 9 rings (SSSR count). The van der Waals surface area contributed by atoms with Gasteiger partial charge in [0.05, 0.1) is 24.4 Å². The molecule has 8 bridgehead atoms. The molecule has 1 unspecified atom stereocenters. The van der Waals surface area contributed by atoms with Crippen molar-refractivity contribution in [2.45, 2.75) is 34.6 Å². The number of carbonyl (C=O) groups is 2. The standard InChI is InChI=1S/C22H28O4/c1-6-25-20(23)18-16-12-9-8-10(22(3,4)5)13(16)15-11(9)14(12)17(15)19(18)21(24)26-7-2/h8-9,11-17H,6-7H2,1-5H3/t9-,11+,12-,13+,14+,15?,16+,17-/m1/s1. The average Bonchev–Trinajstić information content (AvgIpc) is 2.54. The fraction of sp³-hybridized carbons (Fsp3) is 0.727. The van der Waals surface area contributed by atoms with Gasteiger partial charge in [-0.05, 0) is 60.7 Å². The fourth-order valence-corrected chi connectivity index (χ4v) is 7.36. The van der Waals surface area contributed by atoms with E-state index in [2.05, 4.69) is 26.8 Å². The first-order chi connectivity index (χ1) is 12.3. The summed E-state index contributed by atoms with van der Waals surface area (Å²) < 4.78 is 10.8. The first kappa shape index (κ1) is 16.6. The Labute approximate surface area is 155 Å². The van der Waals surface area contributed by atoms with Crippen molar-refractivity contribution in [3.05, 3.63) is 22.8 Å². The molecule has 0 aromatic carbocycles. The molecule has 4 heteroatoms. The van der Waals surface area contributed by atoms with Crippen LogP contribution in [0.25, 0.3) is 0 Å². The molecule has 0 aliphatic heterocycles. The van der Waals surface area contributed by atoms with Crippen molar-refractivity contribution in [3.8, 4) is 0 Å². The zero-order valence-corrected chi connectivity index (χ0v) is 16.2. The van der Waals surface area contributed by atoms with Crippen LogP contribution >= 0.6 is 0 Å². The molecule has 140 valence electrons. The van der Waals surface area contributed by atoms with Gasteiger partial charge in [0.25, 0.3) is 0 Å². The zero-order chi connectivity index (χ0) is 18.5. The van der Waals surface area contributed by atoms with Crippen molar-refractivity contribution < 1.29 is 19.1 Å². The average molecular weight is 356 g/mol. The van der Waals surface area contributed by atoms with Gasteiger partial charge in [0, 0.05) is 5.92 Å². The number of carbonyl (C=O) groups excluding carboxylic acids is 2. The molecule has 0 radical (unpaired) electrons. The number of ether oxygens (including phenoxy) is 2. The molecule has 8 atom stereocenters. The minimum atomic E-state index is -0.285. The van der Waals surface area contributed by atoms with Crippen LogP contribution in [0.4, 0.5) is 0 Å². The summed E-state index contributed by atoms with van der Waals surface area (Å²) in [6, 6.07) is 0. The summed E-state index contributed by atoms with van der Waals surface area (Å²) in [5.41, 5.74) is 2.93. The van der Waals surface area contributed by atoms with Gasteiger partial charge in [-0.3, -0.25) is 0 Å². The first-order valence-electron chi connectivity index (χ1n) is 10.1. The van der Waals surface area contributed by atoms with Crippen LogP contribution in [0.15, 0.2) is 22.8 Å². The summed E-state index contributed by atoms with van der Waals surface area (Å²) in [6.07, 6.45) is 2.53. The molecule has 0 N–H and O–H groups in total. The highest BCUT2D eigenvalue weighted by molar-refractivity contribution is 6.03. The Kier molecular flexibility index (Phi) is 3.20. The fourth-order valence-electron chi connectivity index (χ4n) is 7.36. The normalized spacial score (nSPS) is 43.5. The first-order valence-corrected chi connectivity index (χ1v) is 10.1. The number of hydrogen-bond donors (Lipinski definition) is 0. The molecular weight excluding hydrogens is 328 g/mol. The van der Waals surface area contributed by atoms with E-state index in [-0.39, 0.29) is 29.2 Å². The lowest BCUT2D eigenvalue weighted by Crippen LogP contribution is -2.79. The third-order valence-corrected chi connectivity index (χ3v) is 7.81. The van der Waals surface area contributed by atoms with Gasteiger partial charge in [0.2, 0.25) is 0 Å². The van der Waals surface area contributed by atoms with Crippen molar-refractivity contribution in [2.75, 3.05) is 13.2 Å². The maximum absolute atomic E-state index is 12.9. The number of hydrogen-bond acceptors (Lipinski definition) is 4. The molecule has 4 nitrogen and oxygen atoms in total. The predicted molar refractivity (Wildman–Crippen MR) is 95.8 cm³/mol. The summed E-state index contributed by atoms with van der Waals surface area (Å²) in [4.78, 5) is 25.7. The van der Waals surface area contributed by atoms with Gasteiger partial charge in [0.15, 0.2) is 0 Å². The lowest BCUT2D eigenvalue weighted by Gasteiger charge is -2.82. The third-order valence-electron chi connectivity index (χ3n) is 7.81. The van der Waals surface area contributed by atoms with Crippen molar-refractivity contribution >= 4 is 11.9 Å². The zero-order valence-electron chi connectivity index (χ0n) is 16.2. The van der Waals surface area contributed by atoms with E-state index in [1.54, 1.807) is 0 Å². The summed E-state index contributed by atoms with van der Waals surface area (Å²) in [5, 5.41) is 0. The lowest BCUT2D eigenvalue weighted by atomic mass is 9.21. The molecule has 0 spiro atoms. The van der Waals surface area contributed by atoms with Crippen LogP contribution in [-0.2, 0) is 19.1 Å². The number of esters is 2. The van der Waals surface area contributed by atoms with Gasteiger partial charge >= 0.3 is 11.9 Å². The van der Waals surface area contributed by atoms with Crippen LogP contribution in [0.3, 0.4) is 0 Å². The maximum Gasteiger partial charge on any atom is 0.334 e. The molecule has 5 saturated carbocycles. The topological polar surface area (TPSA) is 52.6 Å². The minimum Gasteiger partial charge on any atom is -0.463 e.